The first-order valence-corrected chi connectivity index (χ1v) is 13.0. The molecule has 4 aliphatic carbocycles. The second kappa shape index (κ2) is 8.31. The maximum atomic E-state index is 13.2. The number of hydrogen-bond donors (Lipinski definition) is 6. The third-order valence-corrected chi connectivity index (χ3v) is 10.4. The van der Waals surface area contributed by atoms with E-state index in [2.05, 4.69) is 6.92 Å². The predicted molar refractivity (Wildman–Crippen MR) is 122 cm³/mol. The summed E-state index contributed by atoms with van der Waals surface area (Å²) >= 11 is 0. The highest BCUT2D eigenvalue weighted by Gasteiger charge is 2.70. The summed E-state index contributed by atoms with van der Waals surface area (Å²) < 4.78 is 17.6. The van der Waals surface area contributed by atoms with E-state index in [0.29, 0.717) is 25.0 Å². The molecule has 5 aliphatic rings. The van der Waals surface area contributed by atoms with Crippen LogP contribution in [0.2, 0.25) is 0 Å². The van der Waals surface area contributed by atoms with Gasteiger partial charge in [0.2, 0.25) is 0 Å². The van der Waals surface area contributed by atoms with Crippen LogP contribution in [0.4, 0.5) is 0 Å². The standard InChI is InChI=1S/C26H36O10/c1-24-8-15(29)21-13(3-5-34-21)14(24)2-4-25-7-12(26(33,10-25)11-28)6-16(22(24)25)35-23-20(32)19(31)18(30)17(9-27)36-23/h3,5,12,14,16-20,22-23,27-28,30-33H,2,4,6-11H2,1H3/t12-,14+,16-,17+,18+,19-,20+,22-,23+,24+,25-,26-/m0/s1. The number of ketones is 1. The lowest BCUT2D eigenvalue weighted by molar-refractivity contribution is -0.326. The molecule has 1 aliphatic heterocycles. The molecule has 0 amide bonds. The first kappa shape index (κ1) is 24.9. The monoisotopic (exact) mass is 508 g/mol. The average Bonchev–Trinajstić information content (AvgIpc) is 3.41. The van der Waals surface area contributed by atoms with Crippen molar-refractivity contribution in [3.8, 4) is 0 Å². The highest BCUT2D eigenvalue weighted by Crippen LogP contribution is 2.72. The van der Waals surface area contributed by atoms with Crippen LogP contribution in [0.15, 0.2) is 16.7 Å². The third kappa shape index (κ3) is 3.29. The molecule has 1 spiro atoms. The Morgan fingerprint density at radius 2 is 1.94 bits per heavy atom. The Morgan fingerprint density at radius 1 is 1.17 bits per heavy atom. The van der Waals surface area contributed by atoms with Crippen molar-refractivity contribution in [1.82, 2.24) is 0 Å². The Kier molecular flexibility index (Phi) is 5.76. The van der Waals surface area contributed by atoms with Gasteiger partial charge in [0, 0.05) is 12.0 Å². The van der Waals surface area contributed by atoms with Crippen LogP contribution in [0, 0.1) is 22.7 Å². The van der Waals surface area contributed by atoms with Gasteiger partial charge in [0.05, 0.1) is 31.2 Å². The third-order valence-electron chi connectivity index (χ3n) is 10.4. The zero-order valence-electron chi connectivity index (χ0n) is 20.3. The van der Waals surface area contributed by atoms with Gasteiger partial charge in [0.25, 0.3) is 0 Å². The minimum Gasteiger partial charge on any atom is -0.461 e. The number of carbonyl (C=O) groups is 1. The molecule has 200 valence electrons. The molecule has 0 radical (unpaired) electrons. The van der Waals surface area contributed by atoms with Crippen LogP contribution in [0.3, 0.4) is 0 Å². The Balaban J connectivity index is 1.40. The molecule has 2 bridgehead atoms. The van der Waals surface area contributed by atoms with Crippen molar-refractivity contribution in [2.24, 2.45) is 22.7 Å². The molecule has 1 aromatic rings. The maximum Gasteiger partial charge on any atom is 0.198 e. The molecule has 0 unspecified atom stereocenters. The zero-order chi connectivity index (χ0) is 25.6. The van der Waals surface area contributed by atoms with Gasteiger partial charge in [-0.3, -0.25) is 4.79 Å². The second-order valence-corrected chi connectivity index (χ2v) is 12.2. The number of Topliss-reactive ketones (excluding diaryl/α,β-unsaturated/α-hetero) is 1. The smallest absolute Gasteiger partial charge is 0.198 e. The van der Waals surface area contributed by atoms with Crippen LogP contribution in [0.25, 0.3) is 0 Å². The van der Waals surface area contributed by atoms with Gasteiger partial charge in [-0.1, -0.05) is 6.92 Å². The first-order valence-electron chi connectivity index (χ1n) is 13.0. The van der Waals surface area contributed by atoms with Crippen LogP contribution in [0.5, 0.6) is 0 Å². The quantitative estimate of drug-likeness (QED) is 0.327. The number of ether oxygens (including phenoxy) is 2. The summed E-state index contributed by atoms with van der Waals surface area (Å²) in [5.41, 5.74) is -1.29. The summed E-state index contributed by atoms with van der Waals surface area (Å²) in [6.07, 6.45) is -2.69. The van der Waals surface area contributed by atoms with Crippen molar-refractivity contribution in [3.05, 3.63) is 23.7 Å². The summed E-state index contributed by atoms with van der Waals surface area (Å²) in [6, 6.07) is 1.87. The molecule has 3 saturated carbocycles. The van der Waals surface area contributed by atoms with Crippen molar-refractivity contribution in [2.75, 3.05) is 13.2 Å². The van der Waals surface area contributed by atoms with E-state index in [-0.39, 0.29) is 42.0 Å². The Hall–Kier alpha value is -1.37. The van der Waals surface area contributed by atoms with Crippen LogP contribution >= 0.6 is 0 Å². The lowest BCUT2D eigenvalue weighted by atomic mass is 9.44. The molecule has 36 heavy (non-hydrogen) atoms. The SMILES string of the molecule is C[C@@]12CC(=O)c3occc3[C@H]1CC[C@@]13C[C@H](C[C@H](O[C@@H]4O[C@H](CO)[C@@H](O)[C@H](O)[C@H]4O)[C@H]12)[C@@](O)(CO)C3. The fraction of sp³-hybridized carbons (Fsp3) is 0.808. The van der Waals surface area contributed by atoms with Crippen LogP contribution in [0.1, 0.15) is 67.5 Å². The van der Waals surface area contributed by atoms with Crippen LogP contribution < -0.4 is 0 Å². The van der Waals surface area contributed by atoms with E-state index >= 15 is 0 Å². The lowest BCUT2D eigenvalue weighted by Gasteiger charge is -2.61. The molecule has 12 atom stereocenters. The fourth-order valence-electron chi connectivity index (χ4n) is 8.97. The molecule has 1 aromatic heterocycles. The zero-order valence-corrected chi connectivity index (χ0v) is 20.3. The Bertz CT molecular complexity index is 1020. The summed E-state index contributed by atoms with van der Waals surface area (Å²) in [7, 11) is 0. The van der Waals surface area contributed by atoms with E-state index < -0.39 is 54.4 Å². The molecule has 10 heteroatoms. The van der Waals surface area contributed by atoms with Gasteiger partial charge in [-0.25, -0.2) is 0 Å². The van der Waals surface area contributed by atoms with Gasteiger partial charge in [-0.15, -0.1) is 0 Å². The fourth-order valence-corrected chi connectivity index (χ4v) is 8.97. The molecule has 0 aromatic carbocycles. The van der Waals surface area contributed by atoms with Crippen molar-refractivity contribution in [3.63, 3.8) is 0 Å². The lowest BCUT2D eigenvalue weighted by Crippen LogP contribution is -2.62. The van der Waals surface area contributed by atoms with Crippen molar-refractivity contribution >= 4 is 5.78 Å². The van der Waals surface area contributed by atoms with E-state index in [1.54, 1.807) is 6.26 Å². The number of aliphatic hydroxyl groups is 6. The molecule has 4 fully saturated rings. The number of aliphatic hydroxyl groups excluding tert-OH is 5. The molecular weight excluding hydrogens is 472 g/mol. The molecule has 1 saturated heterocycles. The highest BCUT2D eigenvalue weighted by atomic mass is 16.7. The number of furan rings is 1. The normalized spacial score (nSPS) is 52.0. The molecule has 2 heterocycles. The summed E-state index contributed by atoms with van der Waals surface area (Å²) in [5.74, 6) is -0.0703. The van der Waals surface area contributed by atoms with Crippen molar-refractivity contribution in [2.45, 2.75) is 93.8 Å². The number of carbonyl (C=O) groups excluding carboxylic acids is 1. The van der Waals surface area contributed by atoms with E-state index in [1.165, 1.54) is 0 Å². The number of hydrogen-bond acceptors (Lipinski definition) is 10. The summed E-state index contributed by atoms with van der Waals surface area (Å²) in [4.78, 5) is 13.2. The van der Waals surface area contributed by atoms with Gasteiger partial charge in [-0.2, -0.15) is 0 Å². The van der Waals surface area contributed by atoms with E-state index in [1.807, 2.05) is 6.07 Å². The largest absolute Gasteiger partial charge is 0.461 e. The molecule has 6 N–H and O–H groups in total. The highest BCUT2D eigenvalue weighted by molar-refractivity contribution is 5.97. The van der Waals surface area contributed by atoms with E-state index in [0.717, 1.165) is 18.4 Å². The van der Waals surface area contributed by atoms with Gasteiger partial charge in [-0.05, 0) is 66.8 Å². The Labute approximate surface area is 208 Å². The summed E-state index contributed by atoms with van der Waals surface area (Å²) in [5, 5.41) is 62.4. The predicted octanol–water partition coefficient (Wildman–Crippen LogP) is 0.0745. The van der Waals surface area contributed by atoms with Crippen molar-refractivity contribution < 1.29 is 49.3 Å². The minimum absolute atomic E-state index is 0.0415. The molecule has 10 nitrogen and oxygen atoms in total. The molecule has 6 rings (SSSR count). The maximum absolute atomic E-state index is 13.2. The van der Waals surface area contributed by atoms with Gasteiger partial charge >= 0.3 is 0 Å². The van der Waals surface area contributed by atoms with Crippen LogP contribution in [-0.4, -0.2) is 92.0 Å². The molecular formula is C26H36O10. The topological polar surface area (TPSA) is 170 Å². The van der Waals surface area contributed by atoms with E-state index in [4.69, 9.17) is 13.9 Å². The van der Waals surface area contributed by atoms with Crippen LogP contribution in [-0.2, 0) is 9.47 Å². The van der Waals surface area contributed by atoms with Gasteiger partial charge in [0.1, 0.15) is 24.4 Å². The van der Waals surface area contributed by atoms with Gasteiger partial charge < -0.3 is 44.5 Å². The Morgan fingerprint density at radius 3 is 2.67 bits per heavy atom. The van der Waals surface area contributed by atoms with Gasteiger partial charge in [0.15, 0.2) is 17.8 Å². The second-order valence-electron chi connectivity index (χ2n) is 12.2. The average molecular weight is 509 g/mol. The van der Waals surface area contributed by atoms with Crippen molar-refractivity contribution in [1.29, 1.82) is 0 Å². The minimum atomic E-state index is -1.57. The first-order chi connectivity index (χ1) is 17.1. The summed E-state index contributed by atoms with van der Waals surface area (Å²) in [6.45, 7) is 1.16. The number of rotatable bonds is 4. The van der Waals surface area contributed by atoms with E-state index in [9.17, 15) is 35.4 Å². The number of fused-ring (bicyclic) bond motifs is 5.